The standard InChI is InChI=1S/C15H17F3N2O2/c1-10-6-2-3-8-12(10)20-9-5-4-7-11(19)13(20)22-14(21)15(16,17)18/h2-6,8,11,13H,7,9,19H2,1H3/t11?,13-/m0/s1. The van der Waals surface area contributed by atoms with Gasteiger partial charge in [-0.1, -0.05) is 30.4 Å². The fourth-order valence-corrected chi connectivity index (χ4v) is 2.34. The zero-order chi connectivity index (χ0) is 16.3. The Balaban J connectivity index is 2.33. The number of alkyl halides is 3. The molecule has 0 saturated carbocycles. The molecule has 7 heteroatoms. The van der Waals surface area contributed by atoms with E-state index in [4.69, 9.17) is 5.73 Å². The summed E-state index contributed by atoms with van der Waals surface area (Å²) in [5.74, 6) is -2.23. The van der Waals surface area contributed by atoms with Crippen LogP contribution >= 0.6 is 0 Å². The molecule has 2 rings (SSSR count). The molecule has 120 valence electrons. The van der Waals surface area contributed by atoms with Crippen LogP contribution in [-0.4, -0.2) is 31.0 Å². The Morgan fingerprint density at radius 2 is 2.00 bits per heavy atom. The van der Waals surface area contributed by atoms with Crippen molar-refractivity contribution in [3.63, 3.8) is 0 Å². The van der Waals surface area contributed by atoms with Crippen LogP contribution in [0.25, 0.3) is 0 Å². The van der Waals surface area contributed by atoms with E-state index in [-0.39, 0.29) is 0 Å². The number of ether oxygens (including phenoxy) is 1. The summed E-state index contributed by atoms with van der Waals surface area (Å²) in [6.45, 7) is 2.15. The number of benzene rings is 1. The normalized spacial score (nSPS) is 22.3. The molecule has 1 unspecified atom stereocenters. The zero-order valence-corrected chi connectivity index (χ0v) is 12.0. The van der Waals surface area contributed by atoms with Crippen molar-refractivity contribution in [1.82, 2.24) is 0 Å². The number of nitrogens with two attached hydrogens (primary N) is 1. The van der Waals surface area contributed by atoms with Crippen molar-refractivity contribution in [2.75, 3.05) is 11.4 Å². The van der Waals surface area contributed by atoms with Gasteiger partial charge in [-0.25, -0.2) is 4.79 Å². The average Bonchev–Trinajstić information content (AvgIpc) is 2.61. The van der Waals surface area contributed by atoms with Crippen LogP contribution in [0.5, 0.6) is 0 Å². The molecule has 0 aliphatic carbocycles. The zero-order valence-electron chi connectivity index (χ0n) is 12.0. The van der Waals surface area contributed by atoms with Crippen molar-refractivity contribution >= 4 is 11.7 Å². The molecular formula is C15H17F3N2O2. The number of esters is 1. The lowest BCUT2D eigenvalue weighted by Crippen LogP contribution is -2.51. The maximum Gasteiger partial charge on any atom is 0.491 e. The maximum atomic E-state index is 12.5. The molecule has 0 saturated heterocycles. The lowest BCUT2D eigenvalue weighted by molar-refractivity contribution is -0.205. The first-order chi connectivity index (χ1) is 10.3. The minimum Gasteiger partial charge on any atom is -0.433 e. The number of halogens is 3. The van der Waals surface area contributed by atoms with Crippen LogP contribution in [0.4, 0.5) is 18.9 Å². The van der Waals surface area contributed by atoms with Gasteiger partial charge in [0.15, 0.2) is 6.23 Å². The predicted molar refractivity (Wildman–Crippen MR) is 76.2 cm³/mol. The highest BCUT2D eigenvalue weighted by atomic mass is 19.4. The van der Waals surface area contributed by atoms with E-state index in [0.717, 1.165) is 5.56 Å². The van der Waals surface area contributed by atoms with Crippen molar-refractivity contribution in [2.24, 2.45) is 5.73 Å². The van der Waals surface area contributed by atoms with E-state index in [0.29, 0.717) is 18.7 Å². The summed E-state index contributed by atoms with van der Waals surface area (Å²) in [7, 11) is 0. The highest BCUT2D eigenvalue weighted by molar-refractivity contribution is 5.76. The highest BCUT2D eigenvalue weighted by Gasteiger charge is 2.44. The number of hydrogen-bond acceptors (Lipinski definition) is 4. The lowest BCUT2D eigenvalue weighted by atomic mass is 10.1. The second-order valence-electron chi connectivity index (χ2n) is 5.10. The van der Waals surface area contributed by atoms with E-state index in [1.54, 1.807) is 29.2 Å². The first-order valence-electron chi connectivity index (χ1n) is 6.81. The van der Waals surface area contributed by atoms with Crippen LogP contribution < -0.4 is 10.6 Å². The number of anilines is 1. The van der Waals surface area contributed by atoms with Gasteiger partial charge in [-0.2, -0.15) is 13.2 Å². The lowest BCUT2D eigenvalue weighted by Gasteiger charge is -2.35. The molecule has 0 fully saturated rings. The Morgan fingerprint density at radius 1 is 1.32 bits per heavy atom. The van der Waals surface area contributed by atoms with Crippen molar-refractivity contribution < 1.29 is 22.7 Å². The molecule has 1 aromatic carbocycles. The Labute approximate surface area is 126 Å². The molecule has 0 bridgehead atoms. The first kappa shape index (κ1) is 16.4. The molecular weight excluding hydrogens is 297 g/mol. The summed E-state index contributed by atoms with van der Waals surface area (Å²) in [5.41, 5.74) is 7.45. The van der Waals surface area contributed by atoms with Crippen LogP contribution in [0.1, 0.15) is 12.0 Å². The quantitative estimate of drug-likeness (QED) is 0.673. The van der Waals surface area contributed by atoms with Crippen LogP contribution in [0.3, 0.4) is 0 Å². The number of para-hydroxylation sites is 1. The molecule has 0 spiro atoms. The molecule has 0 aromatic heterocycles. The number of carbonyl (C=O) groups is 1. The molecule has 2 atom stereocenters. The van der Waals surface area contributed by atoms with Gasteiger partial charge in [0.25, 0.3) is 0 Å². The summed E-state index contributed by atoms with van der Waals surface area (Å²) in [4.78, 5) is 12.8. The van der Waals surface area contributed by atoms with Crippen molar-refractivity contribution in [3.8, 4) is 0 Å². The molecule has 1 aliphatic heterocycles. The molecule has 2 N–H and O–H groups in total. The molecule has 0 amide bonds. The monoisotopic (exact) mass is 314 g/mol. The SMILES string of the molecule is Cc1ccccc1N1CC=CCC(N)[C@@H]1OC(=O)C(F)(F)F. The van der Waals surface area contributed by atoms with Crippen LogP contribution in [-0.2, 0) is 9.53 Å². The molecule has 1 aliphatic rings. The third-order valence-electron chi connectivity index (χ3n) is 3.43. The Morgan fingerprint density at radius 3 is 2.64 bits per heavy atom. The maximum absolute atomic E-state index is 12.5. The molecule has 22 heavy (non-hydrogen) atoms. The third kappa shape index (κ3) is 3.59. The second kappa shape index (κ2) is 6.39. The van der Waals surface area contributed by atoms with Crippen molar-refractivity contribution in [1.29, 1.82) is 0 Å². The topological polar surface area (TPSA) is 55.6 Å². The van der Waals surface area contributed by atoms with E-state index in [1.807, 2.05) is 19.1 Å². The van der Waals surface area contributed by atoms with Gasteiger partial charge in [-0.05, 0) is 25.0 Å². The smallest absolute Gasteiger partial charge is 0.433 e. The number of rotatable bonds is 2. The van der Waals surface area contributed by atoms with Crippen molar-refractivity contribution in [3.05, 3.63) is 42.0 Å². The summed E-state index contributed by atoms with van der Waals surface area (Å²) in [6.07, 6.45) is -2.31. The minimum absolute atomic E-state index is 0.314. The fourth-order valence-electron chi connectivity index (χ4n) is 2.34. The van der Waals surface area contributed by atoms with Gasteiger partial charge in [-0.15, -0.1) is 0 Å². The van der Waals surface area contributed by atoms with Crippen LogP contribution in [0.15, 0.2) is 36.4 Å². The number of carbonyl (C=O) groups excluding carboxylic acids is 1. The van der Waals surface area contributed by atoms with Gasteiger partial charge in [0.1, 0.15) is 0 Å². The molecule has 4 nitrogen and oxygen atoms in total. The van der Waals surface area contributed by atoms with Gasteiger partial charge in [-0.3, -0.25) is 0 Å². The minimum atomic E-state index is -5.04. The van der Waals surface area contributed by atoms with Crippen LogP contribution in [0, 0.1) is 6.92 Å². The summed E-state index contributed by atoms with van der Waals surface area (Å²) in [5, 5.41) is 0. The Kier molecular flexibility index (Phi) is 4.75. The number of hydrogen-bond donors (Lipinski definition) is 1. The summed E-state index contributed by atoms with van der Waals surface area (Å²) < 4.78 is 42.1. The van der Waals surface area contributed by atoms with Gasteiger partial charge in [0.2, 0.25) is 0 Å². The number of aryl methyl sites for hydroxylation is 1. The van der Waals surface area contributed by atoms with Gasteiger partial charge in [0, 0.05) is 12.2 Å². The fraction of sp³-hybridized carbons (Fsp3) is 0.400. The largest absolute Gasteiger partial charge is 0.491 e. The van der Waals surface area contributed by atoms with E-state index >= 15 is 0 Å². The first-order valence-corrected chi connectivity index (χ1v) is 6.81. The van der Waals surface area contributed by atoms with Gasteiger partial charge in [0.05, 0.1) is 6.04 Å². The van der Waals surface area contributed by atoms with E-state index in [9.17, 15) is 18.0 Å². The average molecular weight is 314 g/mol. The summed E-state index contributed by atoms with van der Waals surface area (Å²) >= 11 is 0. The molecule has 1 aromatic rings. The Bertz CT molecular complexity index is 572. The van der Waals surface area contributed by atoms with Crippen molar-refractivity contribution in [2.45, 2.75) is 31.8 Å². The second-order valence-corrected chi connectivity index (χ2v) is 5.10. The predicted octanol–water partition coefficient (Wildman–Crippen LogP) is 2.52. The van der Waals surface area contributed by atoms with Crippen LogP contribution in [0.2, 0.25) is 0 Å². The van der Waals surface area contributed by atoms with Gasteiger partial charge < -0.3 is 15.4 Å². The van der Waals surface area contributed by atoms with E-state index in [2.05, 4.69) is 4.74 Å². The third-order valence-corrected chi connectivity index (χ3v) is 3.43. The number of nitrogens with zero attached hydrogens (tertiary/aromatic N) is 1. The molecule has 1 heterocycles. The highest BCUT2D eigenvalue weighted by Crippen LogP contribution is 2.27. The van der Waals surface area contributed by atoms with Gasteiger partial charge >= 0.3 is 12.1 Å². The summed E-state index contributed by atoms with van der Waals surface area (Å²) in [6, 6.07) is 6.44. The van der Waals surface area contributed by atoms with E-state index in [1.165, 1.54) is 0 Å². The van der Waals surface area contributed by atoms with E-state index < -0.39 is 24.4 Å². The Hall–Kier alpha value is -2.02. The molecule has 0 radical (unpaired) electrons.